The average molecular weight is 337 g/mol. The fourth-order valence-corrected chi connectivity index (χ4v) is 3.84. The number of fused-ring (bicyclic) bond motifs is 1. The Morgan fingerprint density at radius 3 is 2.60 bits per heavy atom. The molecule has 0 N–H and O–H groups in total. The highest BCUT2D eigenvalue weighted by Gasteiger charge is 2.20. The van der Waals surface area contributed by atoms with E-state index in [1.807, 2.05) is 6.07 Å². The second-order valence-corrected chi connectivity index (χ2v) is 7.03. The van der Waals surface area contributed by atoms with E-state index in [1.54, 1.807) is 6.20 Å². The molecule has 1 fully saturated rings. The topological polar surface area (TPSA) is 19.4 Å². The van der Waals surface area contributed by atoms with Crippen LogP contribution in [-0.2, 0) is 6.42 Å². The van der Waals surface area contributed by atoms with E-state index in [4.69, 9.17) is 0 Å². The number of hydrogen-bond donors (Lipinski definition) is 0. The van der Waals surface area contributed by atoms with Gasteiger partial charge >= 0.3 is 0 Å². The SMILES string of the molecule is CN1CCN(CCC2=CCc3c2cccc3-c2ccc(F)nc2)CC1. The predicted octanol–water partition coefficient (Wildman–Crippen LogP) is 3.46. The molecule has 1 aliphatic heterocycles. The summed E-state index contributed by atoms with van der Waals surface area (Å²) < 4.78 is 13.1. The van der Waals surface area contributed by atoms with Gasteiger partial charge in [-0.15, -0.1) is 0 Å². The van der Waals surface area contributed by atoms with Gasteiger partial charge in [0.15, 0.2) is 0 Å². The van der Waals surface area contributed by atoms with Gasteiger partial charge in [0.1, 0.15) is 0 Å². The number of likely N-dealkylation sites (N-methyl/N-ethyl adjacent to an activating group) is 1. The van der Waals surface area contributed by atoms with Gasteiger partial charge in [0.2, 0.25) is 5.95 Å². The van der Waals surface area contributed by atoms with E-state index in [0.717, 1.165) is 51.1 Å². The summed E-state index contributed by atoms with van der Waals surface area (Å²) in [5.74, 6) is -0.428. The molecule has 2 heterocycles. The van der Waals surface area contributed by atoms with E-state index in [0.29, 0.717) is 0 Å². The van der Waals surface area contributed by atoms with Gasteiger partial charge in [0.05, 0.1) is 0 Å². The third-order valence-corrected chi connectivity index (χ3v) is 5.41. The highest BCUT2D eigenvalue weighted by Crippen LogP contribution is 2.36. The number of pyridine rings is 1. The lowest BCUT2D eigenvalue weighted by Gasteiger charge is -2.32. The Morgan fingerprint density at radius 1 is 1.04 bits per heavy atom. The smallest absolute Gasteiger partial charge is 0.212 e. The third kappa shape index (κ3) is 3.51. The van der Waals surface area contributed by atoms with Crippen molar-refractivity contribution >= 4 is 5.57 Å². The summed E-state index contributed by atoms with van der Waals surface area (Å²) in [5, 5.41) is 0. The van der Waals surface area contributed by atoms with E-state index in [9.17, 15) is 4.39 Å². The maximum absolute atomic E-state index is 13.1. The summed E-state index contributed by atoms with van der Waals surface area (Å²) in [6, 6.07) is 9.70. The molecule has 0 saturated carbocycles. The zero-order valence-electron chi connectivity index (χ0n) is 14.7. The number of rotatable bonds is 4. The highest BCUT2D eigenvalue weighted by atomic mass is 19.1. The Hall–Kier alpha value is -2.04. The van der Waals surface area contributed by atoms with Crippen LogP contribution in [0.25, 0.3) is 16.7 Å². The van der Waals surface area contributed by atoms with E-state index in [2.05, 4.69) is 46.1 Å². The fourth-order valence-electron chi connectivity index (χ4n) is 3.84. The van der Waals surface area contributed by atoms with Gasteiger partial charge in [-0.05, 0) is 54.3 Å². The lowest BCUT2D eigenvalue weighted by Crippen LogP contribution is -2.44. The van der Waals surface area contributed by atoms with Gasteiger partial charge in [0.25, 0.3) is 0 Å². The number of allylic oxidation sites excluding steroid dienone is 1. The van der Waals surface area contributed by atoms with Crippen molar-refractivity contribution in [2.45, 2.75) is 12.8 Å². The molecular formula is C21H24FN3. The van der Waals surface area contributed by atoms with Crippen molar-refractivity contribution in [3.63, 3.8) is 0 Å². The van der Waals surface area contributed by atoms with Crippen LogP contribution in [-0.4, -0.2) is 54.6 Å². The van der Waals surface area contributed by atoms with Crippen molar-refractivity contribution < 1.29 is 4.39 Å². The molecule has 0 unspecified atom stereocenters. The second kappa shape index (κ2) is 7.06. The molecule has 130 valence electrons. The van der Waals surface area contributed by atoms with E-state index in [1.165, 1.54) is 28.3 Å². The maximum atomic E-state index is 13.1. The van der Waals surface area contributed by atoms with Crippen LogP contribution >= 0.6 is 0 Å². The quantitative estimate of drug-likeness (QED) is 0.797. The van der Waals surface area contributed by atoms with Gasteiger partial charge in [0, 0.05) is 44.5 Å². The predicted molar refractivity (Wildman–Crippen MR) is 99.9 cm³/mol. The monoisotopic (exact) mass is 337 g/mol. The normalized spacial score (nSPS) is 18.2. The van der Waals surface area contributed by atoms with Crippen LogP contribution < -0.4 is 0 Å². The van der Waals surface area contributed by atoms with Crippen molar-refractivity contribution in [3.8, 4) is 11.1 Å². The van der Waals surface area contributed by atoms with Crippen LogP contribution in [0.3, 0.4) is 0 Å². The first-order chi connectivity index (χ1) is 12.2. The summed E-state index contributed by atoms with van der Waals surface area (Å²) in [4.78, 5) is 8.76. The molecule has 0 radical (unpaired) electrons. The summed E-state index contributed by atoms with van der Waals surface area (Å²) in [6.45, 7) is 5.78. The van der Waals surface area contributed by atoms with Crippen LogP contribution in [0.2, 0.25) is 0 Å². The molecule has 2 aromatic rings. The van der Waals surface area contributed by atoms with Crippen molar-refractivity contribution in [2.24, 2.45) is 0 Å². The number of aromatic nitrogens is 1. The molecule has 1 aromatic heterocycles. The van der Waals surface area contributed by atoms with Crippen LogP contribution in [0.15, 0.2) is 42.6 Å². The molecule has 1 saturated heterocycles. The first-order valence-electron chi connectivity index (χ1n) is 9.05. The van der Waals surface area contributed by atoms with Crippen molar-refractivity contribution in [3.05, 3.63) is 59.7 Å². The zero-order valence-corrected chi connectivity index (χ0v) is 14.7. The minimum atomic E-state index is -0.428. The molecule has 4 rings (SSSR count). The molecule has 2 aliphatic rings. The Labute approximate surface area is 148 Å². The highest BCUT2D eigenvalue weighted by molar-refractivity contribution is 5.81. The molecule has 0 spiro atoms. The fraction of sp³-hybridized carbons (Fsp3) is 0.381. The number of nitrogens with zero attached hydrogens (tertiary/aromatic N) is 3. The molecule has 0 atom stereocenters. The van der Waals surface area contributed by atoms with E-state index in [-0.39, 0.29) is 0 Å². The molecule has 4 heteroatoms. The summed E-state index contributed by atoms with van der Waals surface area (Å²) in [7, 11) is 2.19. The first kappa shape index (κ1) is 16.4. The Bertz CT molecular complexity index is 774. The minimum absolute atomic E-state index is 0.428. The zero-order chi connectivity index (χ0) is 17.2. The Balaban J connectivity index is 1.49. The standard InChI is InChI=1S/C21H24FN3/c1-24-11-13-25(14-12-24)10-9-16-5-7-20-18(16)3-2-4-19(20)17-6-8-21(22)23-15-17/h2-6,8,15H,7,9-14H2,1H3. The van der Waals surface area contributed by atoms with Gasteiger partial charge in [-0.25, -0.2) is 4.98 Å². The number of hydrogen-bond acceptors (Lipinski definition) is 3. The van der Waals surface area contributed by atoms with E-state index < -0.39 is 5.95 Å². The lowest BCUT2D eigenvalue weighted by atomic mass is 9.95. The second-order valence-electron chi connectivity index (χ2n) is 7.03. The van der Waals surface area contributed by atoms with Gasteiger partial charge in [-0.1, -0.05) is 24.3 Å². The number of piperazine rings is 1. The van der Waals surface area contributed by atoms with Crippen molar-refractivity contribution in [1.82, 2.24) is 14.8 Å². The summed E-state index contributed by atoms with van der Waals surface area (Å²) in [5.41, 5.74) is 6.33. The van der Waals surface area contributed by atoms with Gasteiger partial charge < -0.3 is 9.80 Å². The average Bonchev–Trinajstić information content (AvgIpc) is 3.05. The maximum Gasteiger partial charge on any atom is 0.212 e. The molecule has 3 nitrogen and oxygen atoms in total. The van der Waals surface area contributed by atoms with Crippen LogP contribution in [0.4, 0.5) is 4.39 Å². The molecule has 0 amide bonds. The molecule has 1 aliphatic carbocycles. The number of benzene rings is 1. The van der Waals surface area contributed by atoms with Crippen LogP contribution in [0, 0.1) is 5.95 Å². The summed E-state index contributed by atoms with van der Waals surface area (Å²) in [6.07, 6.45) is 6.05. The molecule has 25 heavy (non-hydrogen) atoms. The largest absolute Gasteiger partial charge is 0.304 e. The van der Waals surface area contributed by atoms with Crippen molar-refractivity contribution in [2.75, 3.05) is 39.8 Å². The summed E-state index contributed by atoms with van der Waals surface area (Å²) >= 11 is 0. The Morgan fingerprint density at radius 2 is 1.84 bits per heavy atom. The molecule has 1 aromatic carbocycles. The molecule has 0 bridgehead atoms. The van der Waals surface area contributed by atoms with Crippen LogP contribution in [0.5, 0.6) is 0 Å². The number of halogens is 1. The third-order valence-electron chi connectivity index (χ3n) is 5.41. The van der Waals surface area contributed by atoms with E-state index >= 15 is 0 Å². The molecular weight excluding hydrogens is 313 g/mol. The lowest BCUT2D eigenvalue weighted by molar-refractivity contribution is 0.157. The van der Waals surface area contributed by atoms with Gasteiger partial charge in [-0.3, -0.25) is 0 Å². The minimum Gasteiger partial charge on any atom is -0.304 e. The first-order valence-corrected chi connectivity index (χ1v) is 9.05. The van der Waals surface area contributed by atoms with Crippen molar-refractivity contribution in [1.29, 1.82) is 0 Å². The van der Waals surface area contributed by atoms with Crippen LogP contribution in [0.1, 0.15) is 17.5 Å². The Kier molecular flexibility index (Phi) is 4.64. The van der Waals surface area contributed by atoms with Gasteiger partial charge in [-0.2, -0.15) is 4.39 Å².